The van der Waals surface area contributed by atoms with Gasteiger partial charge in [0.1, 0.15) is 0 Å². The van der Waals surface area contributed by atoms with E-state index in [1.54, 1.807) is 19.0 Å². The molecule has 0 aliphatic rings. The Hall–Kier alpha value is -1.51. The zero-order valence-corrected chi connectivity index (χ0v) is 12.2. The van der Waals surface area contributed by atoms with Gasteiger partial charge in [-0.2, -0.15) is 0 Å². The summed E-state index contributed by atoms with van der Waals surface area (Å²) in [5.41, 5.74) is 2.94. The van der Waals surface area contributed by atoms with Gasteiger partial charge in [-0.1, -0.05) is 19.9 Å². The first-order chi connectivity index (χ1) is 8.32. The van der Waals surface area contributed by atoms with E-state index in [4.69, 9.17) is 0 Å². The van der Waals surface area contributed by atoms with Crippen molar-refractivity contribution < 1.29 is 4.79 Å². The quantitative estimate of drug-likeness (QED) is 0.887. The number of nitrogens with zero attached hydrogens (tertiary/aromatic N) is 1. The molecule has 1 rings (SSSR count). The predicted octanol–water partition coefficient (Wildman–Crippen LogP) is 3.15. The molecule has 0 radical (unpaired) electrons. The number of carbonyl (C=O) groups excluding carboxylic acids is 1. The molecule has 0 bridgehead atoms. The average molecular weight is 248 g/mol. The van der Waals surface area contributed by atoms with Crippen molar-refractivity contribution in [3.63, 3.8) is 0 Å². The lowest BCUT2D eigenvalue weighted by atomic mass is 10.0. The number of aryl methyl sites for hydroxylation is 1. The van der Waals surface area contributed by atoms with Crippen LogP contribution in [0.15, 0.2) is 18.2 Å². The molecule has 1 atom stereocenters. The van der Waals surface area contributed by atoms with E-state index in [9.17, 15) is 4.79 Å². The molecule has 3 heteroatoms. The van der Waals surface area contributed by atoms with E-state index in [1.807, 2.05) is 18.2 Å². The zero-order chi connectivity index (χ0) is 13.9. The van der Waals surface area contributed by atoms with Gasteiger partial charge in [-0.05, 0) is 37.5 Å². The van der Waals surface area contributed by atoms with E-state index in [0.717, 1.165) is 16.8 Å². The first-order valence-electron chi connectivity index (χ1n) is 6.41. The van der Waals surface area contributed by atoms with Crippen LogP contribution < -0.4 is 5.32 Å². The van der Waals surface area contributed by atoms with Gasteiger partial charge >= 0.3 is 0 Å². The summed E-state index contributed by atoms with van der Waals surface area (Å²) in [5, 5.41) is 3.47. The minimum atomic E-state index is 0.0373. The van der Waals surface area contributed by atoms with E-state index in [1.165, 1.54) is 0 Å². The zero-order valence-electron chi connectivity index (χ0n) is 12.2. The first-order valence-corrected chi connectivity index (χ1v) is 6.41. The molecule has 1 unspecified atom stereocenters. The monoisotopic (exact) mass is 248 g/mol. The molecule has 0 aliphatic heterocycles. The van der Waals surface area contributed by atoms with Crippen LogP contribution >= 0.6 is 0 Å². The second kappa shape index (κ2) is 5.89. The lowest BCUT2D eigenvalue weighted by Gasteiger charge is -2.21. The number of nitrogens with one attached hydrogen (secondary N) is 1. The lowest BCUT2D eigenvalue weighted by Crippen LogP contribution is -2.24. The summed E-state index contributed by atoms with van der Waals surface area (Å²) in [6.45, 7) is 8.58. The fourth-order valence-electron chi connectivity index (χ4n) is 1.58. The molecule has 100 valence electrons. The summed E-state index contributed by atoms with van der Waals surface area (Å²) in [6.07, 6.45) is 0. The standard InChI is InChI=1S/C15H24N2O/c1-10(2)12(4)16-14-9-13(8-7-11(14)3)15(18)17(5)6/h7-10,12,16H,1-6H3. The van der Waals surface area contributed by atoms with Gasteiger partial charge in [-0.3, -0.25) is 4.79 Å². The summed E-state index contributed by atoms with van der Waals surface area (Å²) in [4.78, 5) is 13.5. The van der Waals surface area contributed by atoms with Crippen LogP contribution in [0.1, 0.15) is 36.7 Å². The number of amides is 1. The summed E-state index contributed by atoms with van der Waals surface area (Å²) in [6, 6.07) is 6.19. The molecular formula is C15H24N2O. The van der Waals surface area contributed by atoms with Crippen molar-refractivity contribution in [1.82, 2.24) is 4.90 Å². The van der Waals surface area contributed by atoms with Crippen molar-refractivity contribution in [3.05, 3.63) is 29.3 Å². The third-order valence-electron chi connectivity index (χ3n) is 3.27. The van der Waals surface area contributed by atoms with Gasteiger partial charge < -0.3 is 10.2 Å². The van der Waals surface area contributed by atoms with Gasteiger partial charge in [0, 0.05) is 31.4 Å². The third-order valence-corrected chi connectivity index (χ3v) is 3.27. The highest BCUT2D eigenvalue weighted by Gasteiger charge is 2.12. The van der Waals surface area contributed by atoms with Crippen molar-refractivity contribution in [2.24, 2.45) is 5.92 Å². The number of hydrogen-bond donors (Lipinski definition) is 1. The summed E-state index contributed by atoms with van der Waals surface area (Å²) in [5.74, 6) is 0.591. The van der Waals surface area contributed by atoms with Crippen molar-refractivity contribution in [2.45, 2.75) is 33.7 Å². The van der Waals surface area contributed by atoms with E-state index in [2.05, 4.69) is 33.0 Å². The maximum Gasteiger partial charge on any atom is 0.253 e. The molecule has 1 amide bonds. The van der Waals surface area contributed by atoms with Crippen LogP contribution in [-0.4, -0.2) is 30.9 Å². The highest BCUT2D eigenvalue weighted by Crippen LogP contribution is 2.20. The first kappa shape index (κ1) is 14.6. The largest absolute Gasteiger partial charge is 0.382 e. The van der Waals surface area contributed by atoms with Crippen molar-refractivity contribution in [1.29, 1.82) is 0 Å². The summed E-state index contributed by atoms with van der Waals surface area (Å²) < 4.78 is 0. The molecular weight excluding hydrogens is 224 g/mol. The molecule has 0 aliphatic carbocycles. The Kier molecular flexibility index (Phi) is 4.76. The molecule has 0 saturated heterocycles. The Labute approximate surface area is 110 Å². The third kappa shape index (κ3) is 3.49. The normalized spacial score (nSPS) is 12.4. The maximum absolute atomic E-state index is 11.9. The van der Waals surface area contributed by atoms with Gasteiger partial charge in [0.05, 0.1) is 0 Å². The Morgan fingerprint density at radius 1 is 1.22 bits per heavy atom. The van der Waals surface area contributed by atoms with Crippen LogP contribution in [0.2, 0.25) is 0 Å². The lowest BCUT2D eigenvalue weighted by molar-refractivity contribution is 0.0827. The number of carbonyl (C=O) groups is 1. The minimum absolute atomic E-state index is 0.0373. The summed E-state index contributed by atoms with van der Waals surface area (Å²) in [7, 11) is 3.54. The maximum atomic E-state index is 11.9. The predicted molar refractivity (Wildman–Crippen MR) is 77.1 cm³/mol. The molecule has 18 heavy (non-hydrogen) atoms. The second-order valence-corrected chi connectivity index (χ2v) is 5.41. The highest BCUT2D eigenvalue weighted by molar-refractivity contribution is 5.95. The Morgan fingerprint density at radius 3 is 2.33 bits per heavy atom. The van der Waals surface area contributed by atoms with Crippen LogP contribution in [0.25, 0.3) is 0 Å². The van der Waals surface area contributed by atoms with Gasteiger partial charge in [0.2, 0.25) is 0 Å². The second-order valence-electron chi connectivity index (χ2n) is 5.41. The van der Waals surface area contributed by atoms with Gasteiger partial charge in [0.15, 0.2) is 0 Å². The van der Waals surface area contributed by atoms with Crippen molar-refractivity contribution >= 4 is 11.6 Å². The molecule has 0 aromatic heterocycles. The van der Waals surface area contributed by atoms with Crippen molar-refractivity contribution in [2.75, 3.05) is 19.4 Å². The molecule has 1 aromatic rings. The smallest absolute Gasteiger partial charge is 0.253 e. The van der Waals surface area contributed by atoms with E-state index >= 15 is 0 Å². The van der Waals surface area contributed by atoms with Crippen molar-refractivity contribution in [3.8, 4) is 0 Å². The summed E-state index contributed by atoms with van der Waals surface area (Å²) >= 11 is 0. The molecule has 0 spiro atoms. The Bertz CT molecular complexity index is 425. The van der Waals surface area contributed by atoms with Crippen LogP contribution in [0.3, 0.4) is 0 Å². The Morgan fingerprint density at radius 2 is 1.83 bits per heavy atom. The number of benzene rings is 1. The fraction of sp³-hybridized carbons (Fsp3) is 0.533. The Balaban J connectivity index is 2.98. The molecule has 0 heterocycles. The van der Waals surface area contributed by atoms with Gasteiger partial charge in [-0.25, -0.2) is 0 Å². The molecule has 0 saturated carbocycles. The van der Waals surface area contributed by atoms with Crippen LogP contribution in [0.4, 0.5) is 5.69 Å². The molecule has 3 nitrogen and oxygen atoms in total. The van der Waals surface area contributed by atoms with Crippen LogP contribution in [-0.2, 0) is 0 Å². The molecule has 1 N–H and O–H groups in total. The number of rotatable bonds is 4. The van der Waals surface area contributed by atoms with Crippen LogP contribution in [0, 0.1) is 12.8 Å². The SMILES string of the molecule is Cc1ccc(C(=O)N(C)C)cc1NC(C)C(C)C. The average Bonchev–Trinajstić information content (AvgIpc) is 2.30. The van der Waals surface area contributed by atoms with Crippen LogP contribution in [0.5, 0.6) is 0 Å². The minimum Gasteiger partial charge on any atom is -0.382 e. The van der Waals surface area contributed by atoms with E-state index in [-0.39, 0.29) is 5.91 Å². The molecule has 1 aromatic carbocycles. The number of hydrogen-bond acceptors (Lipinski definition) is 2. The highest BCUT2D eigenvalue weighted by atomic mass is 16.2. The topological polar surface area (TPSA) is 32.3 Å². The van der Waals surface area contributed by atoms with Gasteiger partial charge in [-0.15, -0.1) is 0 Å². The number of anilines is 1. The van der Waals surface area contributed by atoms with Gasteiger partial charge in [0.25, 0.3) is 5.91 Å². The van der Waals surface area contributed by atoms with E-state index < -0.39 is 0 Å². The molecule has 0 fully saturated rings. The fourth-order valence-corrected chi connectivity index (χ4v) is 1.58. The van der Waals surface area contributed by atoms with E-state index in [0.29, 0.717) is 12.0 Å².